The van der Waals surface area contributed by atoms with Crippen molar-refractivity contribution >= 4 is 5.69 Å². The third-order valence-corrected chi connectivity index (χ3v) is 2.20. The number of hydrogen-bond acceptors (Lipinski definition) is 2. The van der Waals surface area contributed by atoms with E-state index in [-0.39, 0.29) is 5.69 Å². The first kappa shape index (κ1) is 14.6. The Labute approximate surface area is 98.5 Å². The molecule has 2 nitrogen and oxygen atoms in total. The summed E-state index contributed by atoms with van der Waals surface area (Å²) in [7, 11) is 0.344. The van der Waals surface area contributed by atoms with E-state index in [4.69, 9.17) is 0 Å². The first-order chi connectivity index (χ1) is 8.14. The molecule has 0 aromatic heterocycles. The summed E-state index contributed by atoms with van der Waals surface area (Å²) >= 11 is 0. The molecule has 1 rings (SSSR count). The van der Waals surface area contributed by atoms with Gasteiger partial charge in [-0.15, -0.1) is 0 Å². The maximum absolute atomic E-state index is 12.6. The van der Waals surface area contributed by atoms with Crippen LogP contribution in [0.5, 0.6) is 0 Å². The number of benzene rings is 1. The van der Waals surface area contributed by atoms with Gasteiger partial charge in [0.1, 0.15) is 0 Å². The van der Waals surface area contributed by atoms with Crippen LogP contribution in [-0.4, -0.2) is 25.2 Å². The van der Waals surface area contributed by atoms with E-state index in [0.29, 0.717) is 7.11 Å². The first-order valence-electron chi connectivity index (χ1n) is 4.66. The van der Waals surface area contributed by atoms with Gasteiger partial charge in [0.25, 0.3) is 0 Å². The lowest BCUT2D eigenvalue weighted by atomic mass is 10.1. The number of ether oxygens (including phenoxy) is 1. The van der Waals surface area contributed by atoms with E-state index in [2.05, 4.69) is 4.74 Å². The Morgan fingerprint density at radius 1 is 0.889 bits per heavy atom. The fraction of sp³-hybridized carbons (Fsp3) is 0.400. The van der Waals surface area contributed by atoms with Crippen LogP contribution >= 0.6 is 0 Å². The van der Waals surface area contributed by atoms with E-state index in [1.807, 2.05) is 0 Å². The lowest BCUT2D eigenvalue weighted by Gasteiger charge is -2.36. The smallest absolute Gasteiger partial charge is 0.344 e. The monoisotopic (exact) mass is 273 g/mol. The van der Waals surface area contributed by atoms with Crippen LogP contribution in [0.4, 0.5) is 32.0 Å². The predicted molar refractivity (Wildman–Crippen MR) is 51.9 cm³/mol. The number of alkyl halides is 6. The minimum absolute atomic E-state index is 0.344. The van der Waals surface area contributed by atoms with Crippen LogP contribution in [0.15, 0.2) is 30.3 Å². The normalized spacial score (nSPS) is 13.5. The molecule has 0 spiro atoms. The fourth-order valence-electron chi connectivity index (χ4n) is 1.31. The lowest BCUT2D eigenvalue weighted by Crippen LogP contribution is -2.63. The average molecular weight is 273 g/mol. The van der Waals surface area contributed by atoms with Crippen molar-refractivity contribution in [1.29, 1.82) is 0 Å². The summed E-state index contributed by atoms with van der Waals surface area (Å²) in [6, 6.07) is 6.21. The highest BCUT2D eigenvalue weighted by Crippen LogP contribution is 2.45. The van der Waals surface area contributed by atoms with E-state index in [1.54, 1.807) is 0 Å². The molecule has 0 saturated carbocycles. The number of rotatable bonds is 3. The van der Waals surface area contributed by atoms with Crippen LogP contribution in [0.2, 0.25) is 0 Å². The molecule has 0 aliphatic carbocycles. The van der Waals surface area contributed by atoms with Gasteiger partial charge in [-0.1, -0.05) is 18.2 Å². The zero-order chi connectivity index (χ0) is 14.0. The number of methoxy groups -OCH3 is 1. The van der Waals surface area contributed by atoms with E-state index in [9.17, 15) is 26.3 Å². The van der Waals surface area contributed by atoms with Crippen LogP contribution in [0.25, 0.3) is 0 Å². The standard InChI is InChI=1S/C10H9F6NO/c1-18-8(9(11,12)13,10(14,15)16)17-7-5-3-2-4-6-7/h2-6,17H,1H3. The molecule has 0 heterocycles. The number of para-hydroxylation sites is 1. The third-order valence-electron chi connectivity index (χ3n) is 2.20. The van der Waals surface area contributed by atoms with Crippen molar-refractivity contribution in [3.05, 3.63) is 30.3 Å². The van der Waals surface area contributed by atoms with Gasteiger partial charge in [0.05, 0.1) is 0 Å². The molecule has 8 heteroatoms. The molecule has 0 unspecified atom stereocenters. The van der Waals surface area contributed by atoms with Crippen LogP contribution < -0.4 is 5.32 Å². The van der Waals surface area contributed by atoms with E-state index >= 15 is 0 Å². The van der Waals surface area contributed by atoms with Gasteiger partial charge in [0.15, 0.2) is 0 Å². The van der Waals surface area contributed by atoms with Crippen LogP contribution in [-0.2, 0) is 4.74 Å². The Kier molecular flexibility index (Phi) is 3.80. The molecule has 0 aliphatic rings. The Morgan fingerprint density at radius 2 is 1.33 bits per heavy atom. The maximum atomic E-state index is 12.6. The molecule has 102 valence electrons. The van der Waals surface area contributed by atoms with Crippen molar-refractivity contribution in [3.63, 3.8) is 0 Å². The van der Waals surface area contributed by atoms with Gasteiger partial charge < -0.3 is 10.1 Å². The van der Waals surface area contributed by atoms with E-state index < -0.39 is 18.1 Å². The predicted octanol–water partition coefficient (Wildman–Crippen LogP) is 3.57. The molecule has 0 saturated heterocycles. The minimum atomic E-state index is -5.66. The summed E-state index contributed by atoms with van der Waals surface area (Å²) < 4.78 is 79.6. The second-order valence-corrected chi connectivity index (χ2v) is 3.37. The highest BCUT2D eigenvalue weighted by molar-refractivity contribution is 5.45. The average Bonchev–Trinajstić information content (AvgIpc) is 2.23. The Morgan fingerprint density at radius 3 is 1.67 bits per heavy atom. The molecule has 0 atom stereocenters. The number of hydrogen-bond donors (Lipinski definition) is 1. The van der Waals surface area contributed by atoms with Gasteiger partial charge >= 0.3 is 18.1 Å². The van der Waals surface area contributed by atoms with Crippen molar-refractivity contribution in [1.82, 2.24) is 0 Å². The fourth-order valence-corrected chi connectivity index (χ4v) is 1.31. The second-order valence-electron chi connectivity index (χ2n) is 3.37. The van der Waals surface area contributed by atoms with Crippen molar-refractivity contribution in [2.24, 2.45) is 0 Å². The maximum Gasteiger partial charge on any atom is 0.446 e. The van der Waals surface area contributed by atoms with Gasteiger partial charge in [-0.25, -0.2) is 0 Å². The molecule has 0 amide bonds. The lowest BCUT2D eigenvalue weighted by molar-refractivity contribution is -0.363. The van der Waals surface area contributed by atoms with Gasteiger partial charge in [-0.2, -0.15) is 26.3 Å². The number of nitrogens with one attached hydrogen (secondary N) is 1. The van der Waals surface area contributed by atoms with E-state index in [0.717, 1.165) is 12.1 Å². The molecule has 0 aliphatic heterocycles. The third kappa shape index (κ3) is 2.53. The molecule has 18 heavy (non-hydrogen) atoms. The Balaban J connectivity index is 3.21. The van der Waals surface area contributed by atoms with Gasteiger partial charge in [0, 0.05) is 12.8 Å². The molecule has 1 aromatic carbocycles. The van der Waals surface area contributed by atoms with Crippen LogP contribution in [0.3, 0.4) is 0 Å². The van der Waals surface area contributed by atoms with Crippen molar-refractivity contribution in [2.75, 3.05) is 12.4 Å². The summed E-state index contributed by atoms with van der Waals surface area (Å²) in [6.07, 6.45) is -11.3. The van der Waals surface area contributed by atoms with Crippen LogP contribution in [0.1, 0.15) is 0 Å². The largest absolute Gasteiger partial charge is 0.446 e. The Bertz CT molecular complexity index is 372. The second kappa shape index (κ2) is 4.68. The zero-order valence-corrected chi connectivity index (χ0v) is 9.06. The number of anilines is 1. The van der Waals surface area contributed by atoms with Crippen molar-refractivity contribution < 1.29 is 31.1 Å². The van der Waals surface area contributed by atoms with Crippen molar-refractivity contribution in [2.45, 2.75) is 18.1 Å². The number of halogens is 6. The summed E-state index contributed by atoms with van der Waals surface area (Å²) in [5.41, 5.74) is -4.78. The first-order valence-corrected chi connectivity index (χ1v) is 4.66. The molecule has 0 bridgehead atoms. The highest BCUT2D eigenvalue weighted by Gasteiger charge is 2.72. The van der Waals surface area contributed by atoms with Gasteiger partial charge in [-0.05, 0) is 12.1 Å². The summed E-state index contributed by atoms with van der Waals surface area (Å²) in [5, 5.41) is 1.35. The molecule has 1 N–H and O–H groups in total. The van der Waals surface area contributed by atoms with Crippen molar-refractivity contribution in [3.8, 4) is 0 Å². The topological polar surface area (TPSA) is 21.3 Å². The van der Waals surface area contributed by atoms with Gasteiger partial charge in [0.2, 0.25) is 0 Å². The quantitative estimate of drug-likeness (QED) is 0.671. The summed E-state index contributed by atoms with van der Waals surface area (Å²) in [6.45, 7) is 0. The Hall–Kier alpha value is -1.44. The minimum Gasteiger partial charge on any atom is -0.344 e. The zero-order valence-electron chi connectivity index (χ0n) is 9.06. The molecule has 0 radical (unpaired) electrons. The molecular weight excluding hydrogens is 264 g/mol. The SMILES string of the molecule is COC(Nc1ccccc1)(C(F)(F)F)C(F)(F)F. The van der Waals surface area contributed by atoms with E-state index in [1.165, 1.54) is 23.5 Å². The molecule has 0 fully saturated rings. The molecule has 1 aromatic rings. The summed E-state index contributed by atoms with van der Waals surface area (Å²) in [5.74, 6) is 0. The van der Waals surface area contributed by atoms with Gasteiger partial charge in [-0.3, -0.25) is 0 Å². The highest BCUT2D eigenvalue weighted by atomic mass is 19.4. The van der Waals surface area contributed by atoms with Crippen LogP contribution in [0, 0.1) is 0 Å². The molecular formula is C10H9F6NO. The summed E-state index contributed by atoms with van der Waals surface area (Å²) in [4.78, 5) is 0.